The number of nitrogens with zero attached hydrogens (tertiary/aromatic N) is 1. The highest BCUT2D eigenvalue weighted by Crippen LogP contribution is 2.12. The number of esters is 2. The summed E-state index contributed by atoms with van der Waals surface area (Å²) in [5.74, 6) is -1.56. The lowest BCUT2D eigenvalue weighted by molar-refractivity contribution is -0.887. The molecule has 360 valence electrons. The smallest absolute Gasteiger partial charge is 0.362 e. The Morgan fingerprint density at radius 3 is 1.45 bits per heavy atom. The molecule has 0 aromatic heterocycles. The maximum Gasteiger partial charge on any atom is 0.362 e. The van der Waals surface area contributed by atoms with Crippen LogP contribution in [0.1, 0.15) is 162 Å². The second-order valence-corrected chi connectivity index (χ2v) is 17.1. The number of hydrogen-bond acceptors (Lipinski definition) is 6. The van der Waals surface area contributed by atoms with Crippen molar-refractivity contribution in [2.24, 2.45) is 0 Å². The Morgan fingerprint density at radius 1 is 0.500 bits per heavy atom. The van der Waals surface area contributed by atoms with Gasteiger partial charge in [-0.15, -0.1) is 0 Å². The molecule has 2 unspecified atom stereocenters. The van der Waals surface area contributed by atoms with E-state index >= 15 is 0 Å². The first-order valence-electron chi connectivity index (χ1n) is 24.6. The SMILES string of the molecule is CC/C=C/C/C=C/C/C=C/C/C=C/C/C=C/C/C=C/CCCCCC(=O)OC(COCCC(C(=O)O)[N+](C)(C)C)COC(=O)CCCCCCC/C=C/C=C/C=C/C=C/CCCCC. The first-order valence-corrected chi connectivity index (χ1v) is 24.6. The molecule has 0 saturated carbocycles. The van der Waals surface area contributed by atoms with Crippen LogP contribution in [0.2, 0.25) is 0 Å². The summed E-state index contributed by atoms with van der Waals surface area (Å²) in [6.07, 6.45) is 63.8. The number of unbranched alkanes of at least 4 members (excludes halogenated alkanes) is 11. The minimum atomic E-state index is -0.890. The maximum absolute atomic E-state index is 12.8. The van der Waals surface area contributed by atoms with Crippen LogP contribution in [-0.4, -0.2) is 80.6 Å². The number of quaternary nitrogens is 1. The molecule has 0 aromatic carbocycles. The van der Waals surface area contributed by atoms with E-state index in [-0.39, 0.29) is 42.7 Å². The van der Waals surface area contributed by atoms with Crippen LogP contribution in [0.15, 0.2) is 122 Å². The van der Waals surface area contributed by atoms with Gasteiger partial charge >= 0.3 is 17.9 Å². The number of rotatable bonds is 42. The Hall–Kier alpha value is -4.27. The van der Waals surface area contributed by atoms with Crippen LogP contribution in [0.4, 0.5) is 0 Å². The van der Waals surface area contributed by atoms with Crippen molar-refractivity contribution in [1.82, 2.24) is 0 Å². The molecule has 8 heteroatoms. The molecular weight excluding hydrogens is 799 g/mol. The number of likely N-dealkylation sites (N-methyl/N-ethyl adjacent to an activating group) is 1. The molecule has 0 saturated heterocycles. The molecular formula is C56H90NO7+. The molecule has 0 heterocycles. The van der Waals surface area contributed by atoms with Gasteiger partial charge in [0.05, 0.1) is 34.4 Å². The van der Waals surface area contributed by atoms with Crippen LogP contribution in [0.25, 0.3) is 0 Å². The summed E-state index contributed by atoms with van der Waals surface area (Å²) < 4.78 is 17.3. The van der Waals surface area contributed by atoms with Crippen molar-refractivity contribution in [1.29, 1.82) is 0 Å². The predicted octanol–water partition coefficient (Wildman–Crippen LogP) is 14.2. The van der Waals surface area contributed by atoms with E-state index in [1.54, 1.807) is 0 Å². The lowest BCUT2D eigenvalue weighted by atomic mass is 10.1. The Balaban J connectivity index is 4.44. The highest BCUT2D eigenvalue weighted by atomic mass is 16.6. The van der Waals surface area contributed by atoms with Crippen molar-refractivity contribution in [3.63, 3.8) is 0 Å². The summed E-state index contributed by atoms with van der Waals surface area (Å²) in [4.78, 5) is 37.1. The quantitative estimate of drug-likeness (QED) is 0.0214. The molecule has 0 aliphatic rings. The Morgan fingerprint density at radius 2 is 0.938 bits per heavy atom. The molecule has 0 bridgehead atoms. The van der Waals surface area contributed by atoms with Gasteiger partial charge in [-0.3, -0.25) is 9.59 Å². The van der Waals surface area contributed by atoms with Gasteiger partial charge in [0.25, 0.3) is 0 Å². The zero-order chi connectivity index (χ0) is 47.0. The summed E-state index contributed by atoms with van der Waals surface area (Å²) >= 11 is 0. The van der Waals surface area contributed by atoms with Crippen LogP contribution in [0.5, 0.6) is 0 Å². The first kappa shape index (κ1) is 59.7. The number of carboxylic acids is 1. The van der Waals surface area contributed by atoms with Crippen molar-refractivity contribution in [2.75, 3.05) is 41.0 Å². The van der Waals surface area contributed by atoms with E-state index in [1.165, 1.54) is 19.3 Å². The molecule has 8 nitrogen and oxygen atoms in total. The molecule has 64 heavy (non-hydrogen) atoms. The number of ether oxygens (including phenoxy) is 3. The lowest BCUT2D eigenvalue weighted by Crippen LogP contribution is -2.50. The molecule has 0 aromatic rings. The molecule has 0 radical (unpaired) electrons. The fraction of sp³-hybridized carbons (Fsp3) is 0.589. The van der Waals surface area contributed by atoms with Crippen LogP contribution in [0.3, 0.4) is 0 Å². The van der Waals surface area contributed by atoms with Gasteiger partial charge < -0.3 is 23.8 Å². The number of carbonyl (C=O) groups is 3. The van der Waals surface area contributed by atoms with E-state index in [2.05, 4.69) is 129 Å². The number of hydrogen-bond donors (Lipinski definition) is 1. The van der Waals surface area contributed by atoms with Crippen molar-refractivity contribution in [2.45, 2.75) is 174 Å². The van der Waals surface area contributed by atoms with Crippen molar-refractivity contribution >= 4 is 17.9 Å². The van der Waals surface area contributed by atoms with Crippen LogP contribution in [-0.2, 0) is 28.6 Å². The fourth-order valence-electron chi connectivity index (χ4n) is 6.40. The van der Waals surface area contributed by atoms with Gasteiger partial charge in [-0.2, -0.15) is 0 Å². The monoisotopic (exact) mass is 889 g/mol. The standard InChI is InChI=1S/C56H89NO7/c1-6-8-10-12-14-16-18-20-22-24-26-27-28-29-31-33-35-37-39-41-43-45-47-55(59)64-52(50-62-49-48-53(56(60)61)57(3,4)5)51-63-54(58)46-44-42-40-38-36-34-32-30-25-23-21-19-17-15-13-11-9-7-2/h8,10,14-17,19-23,25-27,29-32,35,37,52-53H,6-7,9,11-13,18,24,28,33-34,36,38-51H2,1-5H3/p+1/b10-8+,16-14+,17-15+,21-19+,22-20+,25-23+,27-26+,31-29+,32-30+,37-35+. The second-order valence-electron chi connectivity index (χ2n) is 17.1. The average Bonchev–Trinajstić information content (AvgIpc) is 3.26. The summed E-state index contributed by atoms with van der Waals surface area (Å²) in [5, 5.41) is 9.65. The van der Waals surface area contributed by atoms with Crippen LogP contribution >= 0.6 is 0 Å². The third kappa shape index (κ3) is 43.0. The van der Waals surface area contributed by atoms with Crippen molar-refractivity contribution < 1.29 is 38.2 Å². The largest absolute Gasteiger partial charge is 0.477 e. The van der Waals surface area contributed by atoms with Crippen molar-refractivity contribution in [3.05, 3.63) is 122 Å². The Kier molecular flexibility index (Phi) is 42.3. The van der Waals surface area contributed by atoms with Gasteiger partial charge in [-0.1, -0.05) is 174 Å². The maximum atomic E-state index is 12.8. The molecule has 0 spiro atoms. The molecule has 0 amide bonds. The van der Waals surface area contributed by atoms with Crippen LogP contribution < -0.4 is 0 Å². The number of aliphatic carboxylic acids is 1. The molecule has 1 N–H and O–H groups in total. The third-order valence-electron chi connectivity index (χ3n) is 10.2. The van der Waals surface area contributed by atoms with Gasteiger partial charge in [0.2, 0.25) is 0 Å². The Labute approximate surface area is 391 Å². The predicted molar refractivity (Wildman–Crippen MR) is 270 cm³/mol. The molecule has 2 atom stereocenters. The van der Waals surface area contributed by atoms with Crippen LogP contribution in [0, 0.1) is 0 Å². The third-order valence-corrected chi connectivity index (χ3v) is 10.2. The van der Waals surface area contributed by atoms with Crippen molar-refractivity contribution in [3.8, 4) is 0 Å². The molecule has 0 aliphatic carbocycles. The minimum absolute atomic E-state index is 0.0304. The minimum Gasteiger partial charge on any atom is -0.477 e. The van der Waals surface area contributed by atoms with Gasteiger partial charge in [0.15, 0.2) is 12.1 Å². The van der Waals surface area contributed by atoms with E-state index in [4.69, 9.17) is 14.2 Å². The molecule has 0 fully saturated rings. The van der Waals surface area contributed by atoms with E-state index < -0.39 is 18.1 Å². The average molecular weight is 889 g/mol. The van der Waals surface area contributed by atoms with Gasteiger partial charge in [-0.25, -0.2) is 4.79 Å². The lowest BCUT2D eigenvalue weighted by Gasteiger charge is -2.31. The van der Waals surface area contributed by atoms with E-state index in [0.717, 1.165) is 103 Å². The highest BCUT2D eigenvalue weighted by Gasteiger charge is 2.31. The molecule has 0 aliphatic heterocycles. The van der Waals surface area contributed by atoms with Gasteiger partial charge in [0.1, 0.15) is 6.61 Å². The molecule has 0 rings (SSSR count). The first-order chi connectivity index (χ1) is 31.1. The highest BCUT2D eigenvalue weighted by molar-refractivity contribution is 5.72. The second kappa shape index (κ2) is 45.3. The zero-order valence-corrected chi connectivity index (χ0v) is 40.9. The summed E-state index contributed by atoms with van der Waals surface area (Å²) in [6, 6.07) is -0.634. The van der Waals surface area contributed by atoms with Gasteiger partial charge in [0, 0.05) is 19.3 Å². The number of allylic oxidation sites excluding steroid dienone is 20. The van der Waals surface area contributed by atoms with Gasteiger partial charge in [-0.05, 0) is 89.9 Å². The zero-order valence-electron chi connectivity index (χ0n) is 40.9. The summed E-state index contributed by atoms with van der Waals surface area (Å²) in [5.41, 5.74) is 0. The van der Waals surface area contributed by atoms with E-state index in [9.17, 15) is 19.5 Å². The number of carboxylic acid groups (broad SMARTS) is 1. The summed E-state index contributed by atoms with van der Waals surface area (Å²) in [6.45, 7) is 4.50. The van der Waals surface area contributed by atoms with E-state index in [0.29, 0.717) is 19.3 Å². The topological polar surface area (TPSA) is 99.1 Å². The summed E-state index contributed by atoms with van der Waals surface area (Å²) in [7, 11) is 5.50. The normalized spacial score (nSPS) is 14.0. The number of carbonyl (C=O) groups excluding carboxylic acids is 2. The fourth-order valence-corrected chi connectivity index (χ4v) is 6.40. The van der Waals surface area contributed by atoms with E-state index in [1.807, 2.05) is 27.2 Å². The Bertz CT molecular complexity index is 1450.